The average molecular weight is 1340 g/mol. The van der Waals surface area contributed by atoms with E-state index in [0.29, 0.717) is 12.1 Å². The normalized spacial score (nSPS) is 13.2. The molecule has 10 heteroatoms. The molecule has 2 unspecified atom stereocenters. The molecule has 0 aromatic heterocycles. The van der Waals surface area contributed by atoms with Crippen LogP contribution in [0.1, 0.15) is 68.3 Å². The second kappa shape index (κ2) is 35.0. The Bertz CT molecular complexity index is 2680. The van der Waals surface area contributed by atoms with Gasteiger partial charge in [0, 0.05) is 33.3 Å². The average Bonchev–Trinajstić information content (AvgIpc) is 4.42. The number of rotatable bonds is 12. The summed E-state index contributed by atoms with van der Waals surface area (Å²) in [5.74, 6) is 3.30. The first-order valence-electron chi connectivity index (χ1n) is 26.7. The summed E-state index contributed by atoms with van der Waals surface area (Å²) in [6, 6.07) is 84.6. The molecule has 0 bridgehead atoms. The summed E-state index contributed by atoms with van der Waals surface area (Å²) in [6.07, 6.45) is 10.5. The van der Waals surface area contributed by atoms with Gasteiger partial charge >= 0.3 is 35.0 Å². The fourth-order valence-corrected chi connectivity index (χ4v) is 13.1. The number of hydrogen-bond donors (Lipinski definition) is 2. The Morgan fingerprint density at radius 1 is 0.449 bits per heavy atom. The monoisotopic (exact) mass is 1340 g/mol. The second-order valence-electron chi connectivity index (χ2n) is 21.1. The summed E-state index contributed by atoms with van der Waals surface area (Å²) >= 11 is 2.23. The van der Waals surface area contributed by atoms with Crippen LogP contribution >= 0.6 is 57.5 Å². The molecule has 0 saturated heterocycles. The zero-order valence-electron chi connectivity index (χ0n) is 46.5. The molecule has 10 rings (SSSR count). The van der Waals surface area contributed by atoms with E-state index in [1.54, 1.807) is 0 Å². The molecule has 0 amide bonds. The first-order valence-corrected chi connectivity index (χ1v) is 41.5. The van der Waals surface area contributed by atoms with Crippen LogP contribution in [0.25, 0.3) is 0 Å². The van der Waals surface area contributed by atoms with Crippen LogP contribution in [0.2, 0.25) is 39.3 Å². The summed E-state index contributed by atoms with van der Waals surface area (Å²) in [4.78, 5) is 0. The molecule has 2 fully saturated rings. The zero-order chi connectivity index (χ0) is 56.2. The summed E-state index contributed by atoms with van der Waals surface area (Å²) in [6.45, 7) is 17.7. The SMILES string of the molecule is C#C[Si](C)(C)C.CC(NC1CC1)c1ccc(C#C[Si](C)(C)C)cc1.CC(NC1CC1)c1ccc(I)cc1.[Cl][Pd][Cl].c1ccc(P(c2ccccc2)c2ccccc2)cc1.c1ccc(P(c2ccccc2)c2ccccc2)cc1. The molecular weight excluding hydrogens is 1270 g/mol. The van der Waals surface area contributed by atoms with Crippen molar-refractivity contribution < 1.29 is 15.9 Å². The molecule has 0 radical (unpaired) electrons. The molecule has 0 aliphatic heterocycles. The number of nitrogens with one attached hydrogen (secondary N) is 2. The third kappa shape index (κ3) is 25.7. The van der Waals surface area contributed by atoms with Crippen molar-refractivity contribution in [2.24, 2.45) is 0 Å². The maximum atomic E-state index is 5.12. The van der Waals surface area contributed by atoms with E-state index >= 15 is 0 Å². The van der Waals surface area contributed by atoms with Gasteiger partial charge < -0.3 is 10.6 Å². The van der Waals surface area contributed by atoms with Crippen LogP contribution in [-0.2, 0) is 15.9 Å². The van der Waals surface area contributed by atoms with Gasteiger partial charge in [-0.15, -0.1) is 17.5 Å². The largest absolute Gasteiger partial charge is 0.0622 e. The van der Waals surface area contributed by atoms with E-state index in [9.17, 15) is 0 Å². The number of halogens is 3. The molecule has 2 nitrogen and oxygen atoms in total. The molecule has 2 N–H and O–H groups in total. The van der Waals surface area contributed by atoms with Gasteiger partial charge in [-0.2, -0.15) is 0 Å². The maximum Gasteiger partial charge on any atom is -0.0134 e. The summed E-state index contributed by atoms with van der Waals surface area (Å²) in [5, 5.41) is 15.6. The van der Waals surface area contributed by atoms with Crippen molar-refractivity contribution in [1.29, 1.82) is 0 Å². The van der Waals surface area contributed by atoms with Crippen LogP contribution < -0.4 is 42.5 Å². The third-order valence-corrected chi connectivity index (χ3v) is 19.4. The van der Waals surface area contributed by atoms with Crippen LogP contribution in [0.15, 0.2) is 231 Å². The molecular formula is C68H77Cl2IN2P2PdSi2. The Balaban J connectivity index is 0.000000183. The van der Waals surface area contributed by atoms with Crippen molar-refractivity contribution in [2.45, 2.75) is 103 Å². The van der Waals surface area contributed by atoms with Gasteiger partial charge in [0.15, 0.2) is 0 Å². The molecule has 8 aromatic rings. The number of benzene rings is 8. The smallest absolute Gasteiger partial charge is 0.0134 e. The molecule has 0 spiro atoms. The second-order valence-corrected chi connectivity index (χ2v) is 38.7. The van der Waals surface area contributed by atoms with E-state index in [-0.39, 0.29) is 15.9 Å². The van der Waals surface area contributed by atoms with E-state index in [1.165, 1.54) is 72.2 Å². The maximum absolute atomic E-state index is 5.12. The van der Waals surface area contributed by atoms with Gasteiger partial charge in [-0.1, -0.05) is 251 Å². The van der Waals surface area contributed by atoms with Gasteiger partial charge in [0.05, 0.1) is 0 Å². The Morgan fingerprint density at radius 2 is 0.692 bits per heavy atom. The minimum atomic E-state index is -1.26. The van der Waals surface area contributed by atoms with Gasteiger partial charge in [0.2, 0.25) is 0 Å². The zero-order valence-corrected chi connectivity index (χ0v) is 55.5. The minimum Gasteiger partial charge on any atom is -0.0622 e. The fourth-order valence-electron chi connectivity index (χ4n) is 7.62. The standard InChI is InChI=1S/2C18H15P.C16H23NSi.C11H14IN.C5H10Si.2ClH.Pd/c2*1-4-10-16(11-5-1)19(17-12-6-2-7-13-17)18-14-8-3-9-15-18;1-13(17-16-9-10-16)15-7-5-14(6-8-15)11-12-18(2,3)4;1-8(13-11-6-7-11)9-2-4-10(12)5-3-9;1-5-6(2,3)4;;;/h2*1-15H;5-8,13,16-17H,9-10H2,1-4H3;2-5,8,11,13H,6-7H2,1H3;1H,2-4H3;2*1H;/q;;;;;;;+2/p-2. The van der Waals surface area contributed by atoms with E-state index < -0.39 is 32.0 Å². The number of hydrogen-bond acceptors (Lipinski definition) is 2. The van der Waals surface area contributed by atoms with Crippen molar-refractivity contribution >= 4 is 105 Å². The summed E-state index contributed by atoms with van der Waals surface area (Å²) < 4.78 is 1.31. The van der Waals surface area contributed by atoms with Crippen molar-refractivity contribution in [1.82, 2.24) is 10.6 Å². The Kier molecular flexibility index (Phi) is 29.1. The van der Waals surface area contributed by atoms with E-state index in [0.717, 1.165) is 17.6 Å². The third-order valence-electron chi connectivity index (χ3n) is 12.0. The Labute approximate surface area is 504 Å². The van der Waals surface area contributed by atoms with Crippen molar-refractivity contribution in [3.05, 3.63) is 251 Å². The minimum absolute atomic E-state index is 0.106. The quantitative estimate of drug-likeness (QED) is 0.0551. The first kappa shape index (κ1) is 64.9. The molecule has 2 saturated carbocycles. The van der Waals surface area contributed by atoms with Crippen molar-refractivity contribution in [3.63, 3.8) is 0 Å². The van der Waals surface area contributed by atoms with E-state index in [4.69, 9.17) is 25.5 Å². The van der Waals surface area contributed by atoms with Gasteiger partial charge in [0.1, 0.15) is 16.1 Å². The predicted octanol–water partition coefficient (Wildman–Crippen LogP) is 16.6. The molecule has 8 aromatic carbocycles. The van der Waals surface area contributed by atoms with Gasteiger partial charge in [-0.05, 0) is 145 Å². The molecule has 2 aliphatic rings. The van der Waals surface area contributed by atoms with Crippen LogP contribution in [-0.4, -0.2) is 28.2 Å². The predicted molar refractivity (Wildman–Crippen MR) is 359 cm³/mol. The van der Waals surface area contributed by atoms with Crippen molar-refractivity contribution in [2.75, 3.05) is 0 Å². The molecule has 2 atom stereocenters. The molecule has 0 heterocycles. The van der Waals surface area contributed by atoms with E-state index in [1.807, 2.05) is 0 Å². The van der Waals surface area contributed by atoms with Crippen LogP contribution in [0.4, 0.5) is 0 Å². The topological polar surface area (TPSA) is 24.1 Å². The molecule has 2 aliphatic carbocycles. The summed E-state index contributed by atoms with van der Waals surface area (Å²) in [5.41, 5.74) is 10.0. The van der Waals surface area contributed by atoms with E-state index in [2.05, 4.69) is 334 Å². The van der Waals surface area contributed by atoms with Gasteiger partial charge in [-0.25, -0.2) is 0 Å². The van der Waals surface area contributed by atoms with Crippen molar-refractivity contribution in [3.8, 4) is 23.4 Å². The number of terminal acetylenes is 1. The van der Waals surface area contributed by atoms with Gasteiger partial charge in [-0.3, -0.25) is 0 Å². The van der Waals surface area contributed by atoms with Crippen LogP contribution in [0.5, 0.6) is 0 Å². The molecule has 408 valence electrons. The van der Waals surface area contributed by atoms with Crippen LogP contribution in [0, 0.1) is 27.0 Å². The first-order chi connectivity index (χ1) is 37.6. The molecule has 78 heavy (non-hydrogen) atoms. The Hall–Kier alpha value is -3.93. The van der Waals surface area contributed by atoms with Crippen LogP contribution in [0.3, 0.4) is 0 Å². The summed E-state index contributed by atoms with van der Waals surface area (Å²) in [7, 11) is 6.37. The fraction of sp³-hybridized carbons (Fsp3) is 0.235. The Morgan fingerprint density at radius 3 is 0.910 bits per heavy atom. The van der Waals surface area contributed by atoms with Gasteiger partial charge in [0.25, 0.3) is 0 Å².